The van der Waals surface area contributed by atoms with Gasteiger partial charge in [0.05, 0.1) is 29.5 Å². The van der Waals surface area contributed by atoms with E-state index in [2.05, 4.69) is 27.6 Å². The van der Waals surface area contributed by atoms with Crippen LogP contribution in [0.4, 0.5) is 0 Å². The van der Waals surface area contributed by atoms with Crippen molar-refractivity contribution in [2.75, 3.05) is 12.9 Å². The number of fused-ring (bicyclic) bond motifs is 1. The van der Waals surface area contributed by atoms with Crippen LogP contribution in [0, 0.1) is 3.57 Å². The highest BCUT2D eigenvalue weighted by molar-refractivity contribution is 14.1. The molecule has 0 unspecified atom stereocenters. The van der Waals surface area contributed by atoms with E-state index < -0.39 is 0 Å². The van der Waals surface area contributed by atoms with Crippen LogP contribution in [0.3, 0.4) is 0 Å². The maximum atomic E-state index is 13.3. The molecule has 0 fully saturated rings. The topological polar surface area (TPSA) is 61.2 Å². The first-order valence-electron chi connectivity index (χ1n) is 9.24. The van der Waals surface area contributed by atoms with E-state index in [-0.39, 0.29) is 17.1 Å². The van der Waals surface area contributed by atoms with Crippen LogP contribution in [0.25, 0.3) is 16.6 Å². The van der Waals surface area contributed by atoms with Crippen LogP contribution in [0.2, 0.25) is 5.02 Å². The van der Waals surface area contributed by atoms with Gasteiger partial charge in [0, 0.05) is 14.2 Å². The third-order valence-electron chi connectivity index (χ3n) is 4.63. The summed E-state index contributed by atoms with van der Waals surface area (Å²) in [5, 5.41) is 1.54. The van der Waals surface area contributed by atoms with Crippen LogP contribution in [-0.4, -0.2) is 28.2 Å². The molecule has 0 atom stereocenters. The normalized spacial score (nSPS) is 10.9. The quantitative estimate of drug-likeness (QED) is 0.132. The highest BCUT2D eigenvalue weighted by Gasteiger charge is 2.16. The molecule has 156 valence electrons. The van der Waals surface area contributed by atoms with E-state index in [1.54, 1.807) is 55.6 Å². The van der Waals surface area contributed by atoms with Gasteiger partial charge in [0.25, 0.3) is 5.56 Å². The molecule has 0 spiro atoms. The van der Waals surface area contributed by atoms with E-state index in [0.29, 0.717) is 38.1 Å². The SMILES string of the molecule is COc1ccc(C(=O)CSc2nc3ccc(I)cc3c(=O)n2-c2ccc(Cl)cc2)cc1. The molecule has 0 aliphatic carbocycles. The molecule has 4 rings (SSSR count). The lowest BCUT2D eigenvalue weighted by Gasteiger charge is -2.13. The maximum Gasteiger partial charge on any atom is 0.266 e. The zero-order valence-electron chi connectivity index (χ0n) is 16.3. The molecule has 31 heavy (non-hydrogen) atoms. The van der Waals surface area contributed by atoms with Crippen LogP contribution in [0.5, 0.6) is 5.75 Å². The van der Waals surface area contributed by atoms with Crippen molar-refractivity contribution in [1.82, 2.24) is 9.55 Å². The van der Waals surface area contributed by atoms with Crippen molar-refractivity contribution >= 4 is 62.6 Å². The number of hydrogen-bond donors (Lipinski definition) is 0. The molecule has 8 heteroatoms. The number of Topliss-reactive ketones (excluding diaryl/α,β-unsaturated/α-hetero) is 1. The Hall–Kier alpha value is -2.36. The minimum Gasteiger partial charge on any atom is -0.497 e. The molecule has 0 radical (unpaired) electrons. The summed E-state index contributed by atoms with van der Waals surface area (Å²) in [6.45, 7) is 0. The molecule has 1 aromatic heterocycles. The van der Waals surface area contributed by atoms with E-state index in [1.807, 2.05) is 18.2 Å². The largest absolute Gasteiger partial charge is 0.497 e. The van der Waals surface area contributed by atoms with Gasteiger partial charge in [-0.15, -0.1) is 0 Å². The van der Waals surface area contributed by atoms with Gasteiger partial charge in [-0.1, -0.05) is 23.4 Å². The predicted molar refractivity (Wildman–Crippen MR) is 133 cm³/mol. The molecule has 5 nitrogen and oxygen atoms in total. The summed E-state index contributed by atoms with van der Waals surface area (Å²) in [5.74, 6) is 0.765. The van der Waals surface area contributed by atoms with Crippen molar-refractivity contribution in [2.24, 2.45) is 0 Å². The van der Waals surface area contributed by atoms with Crippen molar-refractivity contribution in [2.45, 2.75) is 5.16 Å². The Bertz CT molecular complexity index is 1320. The van der Waals surface area contributed by atoms with Gasteiger partial charge in [0.1, 0.15) is 5.75 Å². The molecule has 3 aromatic carbocycles. The van der Waals surface area contributed by atoms with Crippen LogP contribution in [-0.2, 0) is 0 Å². The number of methoxy groups -OCH3 is 1. The number of halogens is 2. The summed E-state index contributed by atoms with van der Waals surface area (Å²) >= 11 is 9.42. The average Bonchev–Trinajstić information content (AvgIpc) is 2.79. The molecule has 0 aliphatic heterocycles. The third-order valence-corrected chi connectivity index (χ3v) is 6.49. The summed E-state index contributed by atoms with van der Waals surface area (Å²) in [6.07, 6.45) is 0. The summed E-state index contributed by atoms with van der Waals surface area (Å²) in [7, 11) is 1.58. The number of hydrogen-bond acceptors (Lipinski definition) is 5. The second-order valence-corrected chi connectivity index (χ2v) is 9.24. The maximum absolute atomic E-state index is 13.3. The van der Waals surface area contributed by atoms with Gasteiger partial charge in [-0.2, -0.15) is 0 Å². The van der Waals surface area contributed by atoms with Gasteiger partial charge in [0.2, 0.25) is 0 Å². The number of nitrogens with zero attached hydrogens (tertiary/aromatic N) is 2. The number of ether oxygens (including phenoxy) is 1. The minimum atomic E-state index is -0.190. The second-order valence-electron chi connectivity index (χ2n) is 6.61. The molecule has 1 heterocycles. The number of thioether (sulfide) groups is 1. The van der Waals surface area contributed by atoms with E-state index in [9.17, 15) is 9.59 Å². The number of rotatable bonds is 6. The van der Waals surface area contributed by atoms with Crippen LogP contribution < -0.4 is 10.3 Å². The zero-order valence-corrected chi connectivity index (χ0v) is 20.1. The van der Waals surface area contributed by atoms with Gasteiger partial charge in [-0.3, -0.25) is 14.2 Å². The first-order valence-corrected chi connectivity index (χ1v) is 11.7. The van der Waals surface area contributed by atoms with Crippen molar-refractivity contribution < 1.29 is 9.53 Å². The number of aromatic nitrogens is 2. The summed E-state index contributed by atoms with van der Waals surface area (Å²) in [5.41, 5.74) is 1.62. The van der Waals surface area contributed by atoms with E-state index in [0.717, 1.165) is 3.57 Å². The highest BCUT2D eigenvalue weighted by atomic mass is 127. The Labute approximate surface area is 201 Å². The molecular weight excluding hydrogens is 547 g/mol. The monoisotopic (exact) mass is 562 g/mol. The van der Waals surface area contributed by atoms with Crippen molar-refractivity contribution in [3.8, 4) is 11.4 Å². The second kappa shape index (κ2) is 9.42. The summed E-state index contributed by atoms with van der Waals surface area (Å²) in [4.78, 5) is 30.7. The lowest BCUT2D eigenvalue weighted by atomic mass is 10.1. The van der Waals surface area contributed by atoms with Gasteiger partial charge >= 0.3 is 0 Å². The number of benzene rings is 3. The van der Waals surface area contributed by atoms with Gasteiger partial charge in [-0.25, -0.2) is 4.98 Å². The van der Waals surface area contributed by atoms with Crippen molar-refractivity contribution in [3.63, 3.8) is 0 Å². The number of carbonyl (C=O) groups is 1. The Balaban J connectivity index is 1.74. The Morgan fingerprint density at radius 2 is 1.81 bits per heavy atom. The van der Waals surface area contributed by atoms with Crippen LogP contribution in [0.1, 0.15) is 10.4 Å². The summed E-state index contributed by atoms with van der Waals surface area (Å²) in [6, 6.07) is 19.5. The molecule has 0 aliphatic rings. The minimum absolute atomic E-state index is 0.0627. The molecule has 0 saturated heterocycles. The van der Waals surface area contributed by atoms with E-state index in [1.165, 1.54) is 16.3 Å². The number of ketones is 1. The fourth-order valence-corrected chi connectivity index (χ4v) is 4.57. The highest BCUT2D eigenvalue weighted by Crippen LogP contribution is 2.24. The van der Waals surface area contributed by atoms with Crippen LogP contribution >= 0.6 is 46.0 Å². The zero-order chi connectivity index (χ0) is 22.0. The molecule has 4 aromatic rings. The van der Waals surface area contributed by atoms with E-state index >= 15 is 0 Å². The fourth-order valence-electron chi connectivity index (χ4n) is 3.04. The predicted octanol–water partition coefficient (Wildman–Crippen LogP) is 5.63. The van der Waals surface area contributed by atoms with Crippen molar-refractivity contribution in [1.29, 1.82) is 0 Å². The lowest BCUT2D eigenvalue weighted by molar-refractivity contribution is 0.102. The Kier molecular flexibility index (Phi) is 6.64. The van der Waals surface area contributed by atoms with Gasteiger partial charge in [0.15, 0.2) is 10.9 Å². The molecule has 0 saturated carbocycles. The first kappa shape index (κ1) is 21.9. The molecule has 0 amide bonds. The standard InChI is InChI=1S/C23H16ClIN2O3S/c1-30-18-9-2-14(3-10-18)21(28)13-31-23-26-20-11-6-16(25)12-19(20)22(29)27(23)17-7-4-15(24)5-8-17/h2-12H,13H2,1H3. The summed E-state index contributed by atoms with van der Waals surface area (Å²) < 4.78 is 7.61. The molecule has 0 N–H and O–H groups in total. The lowest BCUT2D eigenvalue weighted by Crippen LogP contribution is -2.22. The fraction of sp³-hybridized carbons (Fsp3) is 0.0870. The smallest absolute Gasteiger partial charge is 0.266 e. The van der Waals surface area contributed by atoms with Gasteiger partial charge in [-0.05, 0) is 89.3 Å². The first-order chi connectivity index (χ1) is 15.0. The number of carbonyl (C=O) groups excluding carboxylic acids is 1. The Morgan fingerprint density at radius 3 is 2.48 bits per heavy atom. The molecule has 0 bridgehead atoms. The van der Waals surface area contributed by atoms with E-state index in [4.69, 9.17) is 16.3 Å². The average molecular weight is 563 g/mol. The molecular formula is C23H16ClIN2O3S. The van der Waals surface area contributed by atoms with Gasteiger partial charge < -0.3 is 4.74 Å². The van der Waals surface area contributed by atoms with Crippen molar-refractivity contribution in [3.05, 3.63) is 91.2 Å². The van der Waals surface area contributed by atoms with Crippen LogP contribution in [0.15, 0.2) is 76.7 Å². The third kappa shape index (κ3) is 4.78. The Morgan fingerprint density at radius 1 is 1.10 bits per heavy atom.